The molecule has 0 radical (unpaired) electrons. The van der Waals surface area contributed by atoms with E-state index in [1.807, 2.05) is 13.0 Å². The zero-order valence-electron chi connectivity index (χ0n) is 17.0. The van der Waals surface area contributed by atoms with E-state index in [0.29, 0.717) is 24.0 Å². The Kier molecular flexibility index (Phi) is 6.14. The first kappa shape index (κ1) is 22.8. The number of sulfone groups is 1. The highest BCUT2D eigenvalue weighted by molar-refractivity contribution is 7.90. The number of alkyl halides is 3. The van der Waals surface area contributed by atoms with Crippen LogP contribution in [0.25, 0.3) is 5.57 Å². The highest BCUT2D eigenvalue weighted by atomic mass is 32.2. The highest BCUT2D eigenvalue weighted by Gasteiger charge is 2.32. The van der Waals surface area contributed by atoms with Crippen molar-refractivity contribution in [3.63, 3.8) is 0 Å². The van der Waals surface area contributed by atoms with E-state index >= 15 is 0 Å². The fraction of sp³-hybridized carbons (Fsp3) is 0.261. The maximum atomic E-state index is 13.3. The normalized spacial score (nSPS) is 14.4. The molecule has 0 atom stereocenters. The first-order valence-corrected chi connectivity index (χ1v) is 11.2. The van der Waals surface area contributed by atoms with Crippen LogP contribution < -0.4 is 0 Å². The van der Waals surface area contributed by atoms with Crippen LogP contribution in [0.4, 0.5) is 13.2 Å². The molecule has 0 bridgehead atoms. The summed E-state index contributed by atoms with van der Waals surface area (Å²) in [5, 5.41) is 9.23. The first-order valence-electron chi connectivity index (χ1n) is 9.58. The molecule has 2 aromatic rings. The molecule has 1 N–H and O–H groups in total. The van der Waals surface area contributed by atoms with Crippen LogP contribution in [0.5, 0.6) is 0 Å². The molecule has 0 amide bonds. The van der Waals surface area contributed by atoms with Gasteiger partial charge in [-0.3, -0.25) is 0 Å². The fourth-order valence-electron chi connectivity index (χ4n) is 3.60. The van der Waals surface area contributed by atoms with Gasteiger partial charge in [-0.1, -0.05) is 36.8 Å². The van der Waals surface area contributed by atoms with Gasteiger partial charge < -0.3 is 5.11 Å². The molecule has 0 heterocycles. The van der Waals surface area contributed by atoms with E-state index in [0.717, 1.165) is 29.3 Å². The minimum Gasteiger partial charge on any atom is -0.478 e. The monoisotopic (exact) mass is 450 g/mol. The molecule has 0 aliphatic heterocycles. The van der Waals surface area contributed by atoms with Gasteiger partial charge in [0.05, 0.1) is 21.8 Å². The SMILES string of the molecule is CCc1ccc(C(=O)O)cc1S(=O)(=O)Cc1cc(C(F)(F)F)ccc1C1=CC=C(C)C1. The molecule has 8 heteroatoms. The Morgan fingerprint density at radius 2 is 1.77 bits per heavy atom. The molecule has 1 aliphatic rings. The number of hydrogen-bond acceptors (Lipinski definition) is 3. The number of carboxylic acid groups (broad SMARTS) is 1. The Morgan fingerprint density at radius 3 is 2.32 bits per heavy atom. The Bertz CT molecular complexity index is 1210. The topological polar surface area (TPSA) is 71.4 Å². The first-order chi connectivity index (χ1) is 14.4. The van der Waals surface area contributed by atoms with Gasteiger partial charge in [-0.05, 0) is 66.3 Å². The summed E-state index contributed by atoms with van der Waals surface area (Å²) in [7, 11) is -4.11. The number of carboxylic acids is 1. The lowest BCUT2D eigenvalue weighted by molar-refractivity contribution is -0.137. The molecule has 2 aromatic carbocycles. The number of benzene rings is 2. The van der Waals surface area contributed by atoms with Crippen LogP contribution in [0.3, 0.4) is 0 Å². The molecule has 0 spiro atoms. The van der Waals surface area contributed by atoms with Crippen LogP contribution in [0, 0.1) is 0 Å². The molecule has 4 nitrogen and oxygen atoms in total. The van der Waals surface area contributed by atoms with Gasteiger partial charge in [0.15, 0.2) is 9.84 Å². The van der Waals surface area contributed by atoms with Gasteiger partial charge in [-0.15, -0.1) is 0 Å². The maximum Gasteiger partial charge on any atom is 0.416 e. The van der Waals surface area contributed by atoms with Crippen molar-refractivity contribution in [2.75, 3.05) is 0 Å². The second kappa shape index (κ2) is 8.34. The van der Waals surface area contributed by atoms with Crippen molar-refractivity contribution in [2.24, 2.45) is 0 Å². The summed E-state index contributed by atoms with van der Waals surface area (Å²) < 4.78 is 66.4. The zero-order chi connectivity index (χ0) is 23.0. The second-order valence-electron chi connectivity index (χ2n) is 7.49. The van der Waals surface area contributed by atoms with Crippen molar-refractivity contribution in [3.8, 4) is 0 Å². The molecule has 31 heavy (non-hydrogen) atoms. The molecule has 0 saturated carbocycles. The number of allylic oxidation sites excluding steroid dienone is 4. The van der Waals surface area contributed by atoms with Crippen molar-refractivity contribution in [1.29, 1.82) is 0 Å². The van der Waals surface area contributed by atoms with Crippen LogP contribution in [-0.2, 0) is 28.2 Å². The van der Waals surface area contributed by atoms with Crippen molar-refractivity contribution in [3.05, 3.63) is 81.9 Å². The summed E-state index contributed by atoms with van der Waals surface area (Å²) in [4.78, 5) is 11.1. The third-order valence-electron chi connectivity index (χ3n) is 5.19. The van der Waals surface area contributed by atoms with E-state index in [9.17, 15) is 31.5 Å². The van der Waals surface area contributed by atoms with Crippen molar-refractivity contribution >= 4 is 21.4 Å². The van der Waals surface area contributed by atoms with E-state index in [-0.39, 0.29) is 16.0 Å². The smallest absolute Gasteiger partial charge is 0.416 e. The molecule has 164 valence electrons. The van der Waals surface area contributed by atoms with E-state index in [1.165, 1.54) is 18.2 Å². The Balaban J connectivity index is 2.12. The molecule has 0 fully saturated rings. The minimum atomic E-state index is -4.62. The summed E-state index contributed by atoms with van der Waals surface area (Å²) in [5.74, 6) is -1.95. The van der Waals surface area contributed by atoms with Gasteiger partial charge in [0.2, 0.25) is 0 Å². The van der Waals surface area contributed by atoms with Crippen LogP contribution in [0.2, 0.25) is 0 Å². The summed E-state index contributed by atoms with van der Waals surface area (Å²) >= 11 is 0. The average molecular weight is 450 g/mol. The largest absolute Gasteiger partial charge is 0.478 e. The summed E-state index contributed by atoms with van der Waals surface area (Å²) in [6, 6.07) is 6.94. The van der Waals surface area contributed by atoms with Gasteiger partial charge in [-0.25, -0.2) is 13.2 Å². The Hall–Kier alpha value is -2.87. The van der Waals surface area contributed by atoms with E-state index in [4.69, 9.17) is 0 Å². The van der Waals surface area contributed by atoms with Gasteiger partial charge in [0.25, 0.3) is 0 Å². The standard InChI is InChI=1S/C23H21F3O4S/c1-3-15-6-7-17(22(27)28)12-21(15)31(29,30)13-18-11-19(23(24,25)26)8-9-20(18)16-5-4-14(2)10-16/h4-9,11-12H,3,10,13H2,1-2H3,(H,27,28). The third-order valence-corrected chi connectivity index (χ3v) is 6.93. The van der Waals surface area contributed by atoms with E-state index in [2.05, 4.69) is 0 Å². The molecule has 0 unspecified atom stereocenters. The molecule has 1 aliphatic carbocycles. The lowest BCUT2D eigenvalue weighted by Gasteiger charge is -2.16. The predicted molar refractivity (Wildman–Crippen MR) is 111 cm³/mol. The predicted octanol–water partition coefficient (Wildman–Crippen LogP) is 5.67. The van der Waals surface area contributed by atoms with E-state index < -0.39 is 33.3 Å². The minimum absolute atomic E-state index is 0.0342. The number of aromatic carboxylic acids is 1. The Labute approximate surface area is 178 Å². The lowest BCUT2D eigenvalue weighted by atomic mass is 9.96. The summed E-state index contributed by atoms with van der Waals surface area (Å²) in [6.45, 7) is 3.61. The lowest BCUT2D eigenvalue weighted by Crippen LogP contribution is -2.13. The third kappa shape index (κ3) is 4.90. The van der Waals surface area contributed by atoms with Crippen molar-refractivity contribution in [2.45, 2.75) is 43.5 Å². The number of aryl methyl sites for hydroxylation is 1. The maximum absolute atomic E-state index is 13.3. The van der Waals surface area contributed by atoms with Crippen LogP contribution in [0.1, 0.15) is 52.9 Å². The molecule has 0 aromatic heterocycles. The second-order valence-corrected chi connectivity index (χ2v) is 9.45. The number of halogens is 3. The molecular formula is C23H21F3O4S. The van der Waals surface area contributed by atoms with Crippen molar-refractivity contribution in [1.82, 2.24) is 0 Å². The fourth-order valence-corrected chi connectivity index (χ4v) is 5.32. The quantitative estimate of drug-likeness (QED) is 0.615. The van der Waals surface area contributed by atoms with Gasteiger partial charge in [0.1, 0.15) is 0 Å². The van der Waals surface area contributed by atoms with Crippen LogP contribution >= 0.6 is 0 Å². The number of hydrogen-bond donors (Lipinski definition) is 1. The number of carbonyl (C=O) groups is 1. The average Bonchev–Trinajstić information content (AvgIpc) is 3.12. The zero-order valence-corrected chi connectivity index (χ0v) is 17.8. The van der Waals surface area contributed by atoms with Crippen molar-refractivity contribution < 1.29 is 31.5 Å². The summed E-state index contributed by atoms with van der Waals surface area (Å²) in [5.41, 5.74) is 1.52. The van der Waals surface area contributed by atoms with Crippen LogP contribution in [-0.4, -0.2) is 19.5 Å². The number of rotatable bonds is 6. The molecular weight excluding hydrogens is 429 g/mol. The molecule has 0 saturated heterocycles. The Morgan fingerprint density at radius 1 is 1.06 bits per heavy atom. The molecule has 3 rings (SSSR count). The van der Waals surface area contributed by atoms with Crippen LogP contribution in [0.15, 0.2) is 59.0 Å². The van der Waals surface area contributed by atoms with E-state index in [1.54, 1.807) is 13.0 Å². The highest BCUT2D eigenvalue weighted by Crippen LogP contribution is 2.36. The van der Waals surface area contributed by atoms with Gasteiger partial charge in [-0.2, -0.15) is 13.2 Å². The van der Waals surface area contributed by atoms with Gasteiger partial charge >= 0.3 is 12.1 Å². The van der Waals surface area contributed by atoms with Gasteiger partial charge in [0, 0.05) is 0 Å². The summed E-state index contributed by atoms with van der Waals surface area (Å²) in [6.07, 6.45) is -0.147.